The molecule has 0 aliphatic carbocycles. The van der Waals surface area contributed by atoms with Crippen LogP contribution in [0.1, 0.15) is 18.1 Å². The highest BCUT2D eigenvalue weighted by Crippen LogP contribution is 2.34. The molecule has 0 aliphatic rings. The van der Waals surface area contributed by atoms with Crippen molar-refractivity contribution in [2.75, 3.05) is 6.61 Å². The maximum absolute atomic E-state index is 11.3. The molecule has 0 spiro atoms. The number of rotatable bonds is 8. The zero-order chi connectivity index (χ0) is 21.6. The molecule has 4 rings (SSSR count). The fourth-order valence-corrected chi connectivity index (χ4v) is 3.78. The van der Waals surface area contributed by atoms with Gasteiger partial charge in [0.25, 0.3) is 0 Å². The fourth-order valence-electron chi connectivity index (χ4n) is 3.78. The molecule has 0 radical (unpaired) electrons. The molecule has 3 nitrogen and oxygen atoms in total. The minimum Gasteiger partial charge on any atom is -0.493 e. The molecule has 0 bridgehead atoms. The summed E-state index contributed by atoms with van der Waals surface area (Å²) in [6.07, 6.45) is 1.32. The van der Waals surface area contributed by atoms with Gasteiger partial charge in [0.15, 0.2) is 0 Å². The summed E-state index contributed by atoms with van der Waals surface area (Å²) in [5.41, 5.74) is 4.29. The zero-order valence-corrected chi connectivity index (χ0v) is 17.6. The van der Waals surface area contributed by atoms with Crippen molar-refractivity contribution in [3.05, 3.63) is 102 Å². The van der Waals surface area contributed by atoms with Crippen LogP contribution in [-0.4, -0.2) is 17.7 Å². The average molecular weight is 411 g/mol. The highest BCUT2D eigenvalue weighted by Gasteiger charge is 2.14. The minimum absolute atomic E-state index is 0.436. The molecular formula is C28H26O3. The van der Waals surface area contributed by atoms with Crippen molar-refractivity contribution in [1.29, 1.82) is 0 Å². The van der Waals surface area contributed by atoms with Gasteiger partial charge in [-0.2, -0.15) is 0 Å². The van der Waals surface area contributed by atoms with Crippen LogP contribution in [0.3, 0.4) is 0 Å². The molecule has 4 aromatic rings. The van der Waals surface area contributed by atoms with Crippen LogP contribution in [0.5, 0.6) is 5.75 Å². The van der Waals surface area contributed by atoms with Crippen molar-refractivity contribution >= 4 is 16.7 Å². The van der Waals surface area contributed by atoms with Crippen molar-refractivity contribution in [3.63, 3.8) is 0 Å². The first kappa shape index (κ1) is 20.7. The van der Waals surface area contributed by atoms with E-state index in [1.165, 1.54) is 16.3 Å². The van der Waals surface area contributed by atoms with Crippen LogP contribution in [0.25, 0.3) is 21.9 Å². The van der Waals surface area contributed by atoms with Crippen molar-refractivity contribution in [2.45, 2.75) is 19.8 Å². The number of hydrogen-bond acceptors (Lipinski definition) is 2. The standard InChI is InChI=1S/C28H26O3/c1-20(28(29)30)17-22-11-14-27(31-16-15-21-7-3-2-4-8-21)26(18-22)25-13-12-23-9-5-6-10-24(23)19-25/h2-14,18-20H,15-17H2,1H3,(H,29,30). The third-order valence-electron chi connectivity index (χ3n) is 5.56. The maximum atomic E-state index is 11.3. The second-order valence-electron chi connectivity index (χ2n) is 7.92. The van der Waals surface area contributed by atoms with Gasteiger partial charge in [-0.3, -0.25) is 4.79 Å². The van der Waals surface area contributed by atoms with Gasteiger partial charge in [-0.25, -0.2) is 0 Å². The Morgan fingerprint density at radius 2 is 1.58 bits per heavy atom. The summed E-state index contributed by atoms with van der Waals surface area (Å²) in [6.45, 7) is 2.32. The number of carboxylic acids is 1. The number of benzene rings is 4. The number of hydrogen-bond donors (Lipinski definition) is 1. The number of fused-ring (bicyclic) bond motifs is 1. The summed E-state index contributed by atoms with van der Waals surface area (Å²) < 4.78 is 6.20. The fraction of sp³-hybridized carbons (Fsp3) is 0.179. The lowest BCUT2D eigenvalue weighted by Gasteiger charge is -2.15. The number of ether oxygens (including phenoxy) is 1. The third-order valence-corrected chi connectivity index (χ3v) is 5.56. The van der Waals surface area contributed by atoms with E-state index in [-0.39, 0.29) is 0 Å². The Kier molecular flexibility index (Phi) is 6.32. The minimum atomic E-state index is -0.782. The Bertz CT molecular complexity index is 1180. The first-order valence-corrected chi connectivity index (χ1v) is 10.6. The number of carboxylic acid groups (broad SMARTS) is 1. The van der Waals surface area contributed by atoms with Gasteiger partial charge in [0.05, 0.1) is 12.5 Å². The van der Waals surface area contributed by atoms with Crippen molar-refractivity contribution < 1.29 is 14.6 Å². The summed E-state index contributed by atoms with van der Waals surface area (Å²) in [5, 5.41) is 11.7. The number of carbonyl (C=O) groups is 1. The van der Waals surface area contributed by atoms with Gasteiger partial charge in [0.1, 0.15) is 5.75 Å². The van der Waals surface area contributed by atoms with E-state index < -0.39 is 11.9 Å². The van der Waals surface area contributed by atoms with E-state index in [0.29, 0.717) is 13.0 Å². The van der Waals surface area contributed by atoms with Gasteiger partial charge in [0.2, 0.25) is 0 Å². The predicted octanol–water partition coefficient (Wildman–Crippen LogP) is 6.39. The third kappa shape index (κ3) is 5.13. The van der Waals surface area contributed by atoms with Crippen LogP contribution in [0, 0.1) is 5.92 Å². The molecule has 4 aromatic carbocycles. The van der Waals surface area contributed by atoms with Gasteiger partial charge in [-0.15, -0.1) is 0 Å². The lowest BCUT2D eigenvalue weighted by molar-refractivity contribution is -0.141. The number of aliphatic carboxylic acids is 1. The molecule has 1 unspecified atom stereocenters. The normalized spacial score (nSPS) is 11.9. The summed E-state index contributed by atoms with van der Waals surface area (Å²) >= 11 is 0. The summed E-state index contributed by atoms with van der Waals surface area (Å²) in [5.74, 6) is -0.400. The molecule has 0 fully saturated rings. The van der Waals surface area contributed by atoms with Gasteiger partial charge < -0.3 is 9.84 Å². The van der Waals surface area contributed by atoms with E-state index in [1.54, 1.807) is 6.92 Å². The summed E-state index contributed by atoms with van der Waals surface area (Å²) in [4.78, 5) is 11.3. The first-order valence-electron chi connectivity index (χ1n) is 10.6. The van der Waals surface area contributed by atoms with E-state index in [4.69, 9.17) is 4.74 Å². The Balaban J connectivity index is 1.64. The predicted molar refractivity (Wildman–Crippen MR) is 126 cm³/mol. The highest BCUT2D eigenvalue weighted by molar-refractivity contribution is 5.88. The topological polar surface area (TPSA) is 46.5 Å². The maximum Gasteiger partial charge on any atom is 0.306 e. The quantitative estimate of drug-likeness (QED) is 0.366. The molecule has 0 aromatic heterocycles. The van der Waals surface area contributed by atoms with Crippen molar-refractivity contribution in [2.24, 2.45) is 5.92 Å². The molecule has 0 saturated heterocycles. The van der Waals surface area contributed by atoms with E-state index in [1.807, 2.05) is 42.5 Å². The monoisotopic (exact) mass is 410 g/mol. The lowest BCUT2D eigenvalue weighted by atomic mass is 9.95. The van der Waals surface area contributed by atoms with Gasteiger partial charge in [-0.05, 0) is 52.1 Å². The molecule has 0 heterocycles. The van der Waals surface area contributed by atoms with Gasteiger partial charge in [-0.1, -0.05) is 79.7 Å². The molecule has 0 saturated carbocycles. The molecular weight excluding hydrogens is 384 g/mol. The largest absolute Gasteiger partial charge is 0.493 e. The Labute approximate surface area is 182 Å². The lowest BCUT2D eigenvalue weighted by Crippen LogP contribution is -2.12. The van der Waals surface area contributed by atoms with E-state index >= 15 is 0 Å². The zero-order valence-electron chi connectivity index (χ0n) is 17.6. The molecule has 0 aliphatic heterocycles. The molecule has 1 N–H and O–H groups in total. The van der Waals surface area contributed by atoms with Crippen LogP contribution >= 0.6 is 0 Å². The molecule has 1 atom stereocenters. The Morgan fingerprint density at radius 1 is 0.839 bits per heavy atom. The van der Waals surface area contributed by atoms with Crippen LogP contribution < -0.4 is 4.74 Å². The summed E-state index contributed by atoms with van der Waals surface area (Å²) in [7, 11) is 0. The second-order valence-corrected chi connectivity index (χ2v) is 7.92. The van der Waals surface area contributed by atoms with Crippen LogP contribution in [-0.2, 0) is 17.6 Å². The average Bonchev–Trinajstić information content (AvgIpc) is 2.80. The molecule has 3 heteroatoms. The highest BCUT2D eigenvalue weighted by atomic mass is 16.5. The van der Waals surface area contributed by atoms with E-state index in [0.717, 1.165) is 28.9 Å². The van der Waals surface area contributed by atoms with Crippen LogP contribution in [0.4, 0.5) is 0 Å². The van der Waals surface area contributed by atoms with Crippen molar-refractivity contribution in [3.8, 4) is 16.9 Å². The first-order chi connectivity index (χ1) is 15.1. The van der Waals surface area contributed by atoms with E-state index in [2.05, 4.69) is 48.5 Å². The molecule has 0 amide bonds. The molecule has 31 heavy (non-hydrogen) atoms. The van der Waals surface area contributed by atoms with Gasteiger partial charge >= 0.3 is 5.97 Å². The van der Waals surface area contributed by atoms with Crippen molar-refractivity contribution in [1.82, 2.24) is 0 Å². The van der Waals surface area contributed by atoms with Crippen LogP contribution in [0.2, 0.25) is 0 Å². The van der Waals surface area contributed by atoms with Gasteiger partial charge in [0, 0.05) is 12.0 Å². The second kappa shape index (κ2) is 9.48. The SMILES string of the molecule is CC(Cc1ccc(OCCc2ccccc2)c(-c2ccc3ccccc3c2)c1)C(=O)O. The Hall–Kier alpha value is -3.59. The molecule has 156 valence electrons. The van der Waals surface area contributed by atoms with Crippen LogP contribution in [0.15, 0.2) is 91.0 Å². The summed E-state index contributed by atoms with van der Waals surface area (Å²) in [6, 6.07) is 31.0. The Morgan fingerprint density at radius 3 is 2.35 bits per heavy atom. The smallest absolute Gasteiger partial charge is 0.306 e. The van der Waals surface area contributed by atoms with E-state index in [9.17, 15) is 9.90 Å².